The smallest absolute Gasteiger partial charge is 0.133 e. The number of fused-ring (bicyclic) bond motifs is 1. The molecule has 2 rings (SSSR count). The van der Waals surface area contributed by atoms with E-state index in [9.17, 15) is 0 Å². The molecule has 15 heavy (non-hydrogen) atoms. The zero-order valence-corrected chi connectivity index (χ0v) is 10.5. The Hall–Kier alpha value is -0.0800. The third kappa shape index (κ3) is 1.94. The van der Waals surface area contributed by atoms with E-state index < -0.39 is 0 Å². The molecule has 0 N–H and O–H groups in total. The standard InChI is InChI=1S/C13H24O2/c1-5-6-7-13-9-12(3,4)8-10(2)11(13)14-15-13/h10-11H,5-9H2,1-4H3. The van der Waals surface area contributed by atoms with Crippen LogP contribution in [-0.2, 0) is 9.78 Å². The van der Waals surface area contributed by atoms with Gasteiger partial charge in [-0.05, 0) is 30.6 Å². The maximum absolute atomic E-state index is 5.53. The molecule has 0 aromatic heterocycles. The highest BCUT2D eigenvalue weighted by atomic mass is 17.3. The maximum Gasteiger partial charge on any atom is 0.133 e. The first-order valence-corrected chi connectivity index (χ1v) is 6.34. The maximum atomic E-state index is 5.53. The summed E-state index contributed by atoms with van der Waals surface area (Å²) in [6, 6.07) is 0. The summed E-state index contributed by atoms with van der Waals surface area (Å²) in [5, 5.41) is 0. The SMILES string of the molecule is CCCCC12CC(C)(C)CC(C)C1OO2. The van der Waals surface area contributed by atoms with Crippen molar-refractivity contribution in [1.29, 1.82) is 0 Å². The molecule has 1 saturated heterocycles. The van der Waals surface area contributed by atoms with Gasteiger partial charge in [-0.2, -0.15) is 0 Å². The van der Waals surface area contributed by atoms with Crippen molar-refractivity contribution in [1.82, 2.24) is 0 Å². The van der Waals surface area contributed by atoms with E-state index in [0.717, 1.165) is 6.42 Å². The van der Waals surface area contributed by atoms with Gasteiger partial charge in [0.1, 0.15) is 11.7 Å². The van der Waals surface area contributed by atoms with Crippen LogP contribution in [0.25, 0.3) is 0 Å². The van der Waals surface area contributed by atoms with Crippen LogP contribution >= 0.6 is 0 Å². The molecular formula is C13H24O2. The summed E-state index contributed by atoms with van der Waals surface area (Å²) in [7, 11) is 0. The summed E-state index contributed by atoms with van der Waals surface area (Å²) in [4.78, 5) is 10.9. The van der Waals surface area contributed by atoms with Crippen LogP contribution in [0.1, 0.15) is 59.8 Å². The van der Waals surface area contributed by atoms with Crippen LogP contribution in [0.15, 0.2) is 0 Å². The highest BCUT2D eigenvalue weighted by Gasteiger charge is 2.59. The Morgan fingerprint density at radius 1 is 1.33 bits per heavy atom. The van der Waals surface area contributed by atoms with Crippen molar-refractivity contribution in [3.05, 3.63) is 0 Å². The first-order valence-electron chi connectivity index (χ1n) is 6.34. The fourth-order valence-corrected chi connectivity index (χ4v) is 3.59. The van der Waals surface area contributed by atoms with Gasteiger partial charge in [-0.3, -0.25) is 0 Å². The monoisotopic (exact) mass is 212 g/mol. The summed E-state index contributed by atoms with van der Waals surface area (Å²) >= 11 is 0. The fourth-order valence-electron chi connectivity index (χ4n) is 3.59. The van der Waals surface area contributed by atoms with Crippen molar-refractivity contribution in [2.75, 3.05) is 0 Å². The summed E-state index contributed by atoms with van der Waals surface area (Å²) < 4.78 is 0. The van der Waals surface area contributed by atoms with Gasteiger partial charge in [0.15, 0.2) is 0 Å². The second-order valence-electron chi connectivity index (χ2n) is 6.29. The first kappa shape index (κ1) is 11.4. The molecule has 0 bridgehead atoms. The molecule has 3 unspecified atom stereocenters. The predicted molar refractivity (Wildman–Crippen MR) is 60.4 cm³/mol. The van der Waals surface area contributed by atoms with E-state index in [0.29, 0.717) is 17.4 Å². The minimum absolute atomic E-state index is 0.0528. The second kappa shape index (κ2) is 3.74. The van der Waals surface area contributed by atoms with Gasteiger partial charge in [-0.15, -0.1) is 0 Å². The number of hydrogen-bond acceptors (Lipinski definition) is 2. The number of unbranched alkanes of at least 4 members (excludes halogenated alkanes) is 1. The largest absolute Gasteiger partial charge is 0.229 e. The Morgan fingerprint density at radius 2 is 2.07 bits per heavy atom. The fraction of sp³-hybridized carbons (Fsp3) is 1.00. The van der Waals surface area contributed by atoms with Crippen molar-refractivity contribution >= 4 is 0 Å². The Bertz CT molecular complexity index is 237. The van der Waals surface area contributed by atoms with Crippen LogP contribution in [0.5, 0.6) is 0 Å². The van der Waals surface area contributed by atoms with E-state index in [1.165, 1.54) is 25.7 Å². The quantitative estimate of drug-likeness (QED) is 0.664. The van der Waals surface area contributed by atoms with Crippen LogP contribution in [0.3, 0.4) is 0 Å². The lowest BCUT2D eigenvalue weighted by molar-refractivity contribution is -0.532. The molecule has 1 heterocycles. The van der Waals surface area contributed by atoms with Gasteiger partial charge in [-0.25, -0.2) is 9.78 Å². The normalized spacial score (nSPS) is 43.2. The molecule has 1 aliphatic heterocycles. The van der Waals surface area contributed by atoms with Gasteiger partial charge in [-0.1, -0.05) is 40.5 Å². The van der Waals surface area contributed by atoms with Gasteiger partial charge < -0.3 is 0 Å². The molecule has 1 aliphatic carbocycles. The number of hydrogen-bond donors (Lipinski definition) is 0. The summed E-state index contributed by atoms with van der Waals surface area (Å²) in [6.45, 7) is 9.25. The van der Waals surface area contributed by atoms with E-state index >= 15 is 0 Å². The molecule has 0 amide bonds. The lowest BCUT2D eigenvalue weighted by atomic mass is 9.62. The zero-order chi connectivity index (χ0) is 11.1. The van der Waals surface area contributed by atoms with Crippen LogP contribution in [0.4, 0.5) is 0 Å². The number of rotatable bonds is 3. The molecule has 0 radical (unpaired) electrons. The topological polar surface area (TPSA) is 18.5 Å². The molecule has 3 atom stereocenters. The van der Waals surface area contributed by atoms with Crippen LogP contribution in [-0.4, -0.2) is 11.7 Å². The third-order valence-corrected chi connectivity index (χ3v) is 3.96. The van der Waals surface area contributed by atoms with E-state index in [4.69, 9.17) is 9.78 Å². The molecule has 0 aromatic rings. The Kier molecular flexibility index (Phi) is 2.85. The molecule has 2 nitrogen and oxygen atoms in total. The Balaban J connectivity index is 2.08. The van der Waals surface area contributed by atoms with E-state index in [-0.39, 0.29) is 5.60 Å². The van der Waals surface area contributed by atoms with Gasteiger partial charge in [0.25, 0.3) is 0 Å². The minimum atomic E-state index is 0.0528. The summed E-state index contributed by atoms with van der Waals surface area (Å²) in [6.07, 6.45) is 6.44. The van der Waals surface area contributed by atoms with Crippen molar-refractivity contribution in [3.8, 4) is 0 Å². The first-order chi connectivity index (χ1) is 6.99. The predicted octanol–water partition coefficient (Wildman–Crippen LogP) is 3.70. The average molecular weight is 212 g/mol. The third-order valence-electron chi connectivity index (χ3n) is 3.96. The highest BCUT2D eigenvalue weighted by Crippen LogP contribution is 2.53. The van der Waals surface area contributed by atoms with Gasteiger partial charge >= 0.3 is 0 Å². The van der Waals surface area contributed by atoms with Crippen molar-refractivity contribution in [3.63, 3.8) is 0 Å². The molecule has 2 aliphatic rings. The molecule has 2 heteroatoms. The highest BCUT2D eigenvalue weighted by molar-refractivity contribution is 5.03. The summed E-state index contributed by atoms with van der Waals surface area (Å²) in [5.74, 6) is 0.638. The molecule has 1 saturated carbocycles. The Labute approximate surface area is 93.3 Å². The molecule has 88 valence electrons. The van der Waals surface area contributed by atoms with E-state index in [1.807, 2.05) is 0 Å². The van der Waals surface area contributed by atoms with Gasteiger partial charge in [0, 0.05) is 0 Å². The zero-order valence-electron chi connectivity index (χ0n) is 10.5. The van der Waals surface area contributed by atoms with Crippen molar-refractivity contribution in [2.45, 2.75) is 71.5 Å². The lowest BCUT2D eigenvalue weighted by Crippen LogP contribution is -2.64. The van der Waals surface area contributed by atoms with Crippen LogP contribution in [0, 0.1) is 11.3 Å². The lowest BCUT2D eigenvalue weighted by Gasteiger charge is -2.57. The average Bonchev–Trinajstić information content (AvgIpc) is 2.07. The van der Waals surface area contributed by atoms with Crippen LogP contribution in [0.2, 0.25) is 0 Å². The van der Waals surface area contributed by atoms with Gasteiger partial charge in [0.05, 0.1) is 0 Å². The van der Waals surface area contributed by atoms with Crippen molar-refractivity contribution < 1.29 is 9.78 Å². The molecule has 2 fully saturated rings. The van der Waals surface area contributed by atoms with Crippen LogP contribution < -0.4 is 0 Å². The Morgan fingerprint density at radius 3 is 2.60 bits per heavy atom. The minimum Gasteiger partial charge on any atom is -0.229 e. The molecular weight excluding hydrogens is 188 g/mol. The molecule has 0 aromatic carbocycles. The van der Waals surface area contributed by atoms with Gasteiger partial charge in [0.2, 0.25) is 0 Å². The molecule has 0 spiro atoms. The summed E-state index contributed by atoms with van der Waals surface area (Å²) in [5.41, 5.74) is 0.463. The van der Waals surface area contributed by atoms with E-state index in [1.54, 1.807) is 0 Å². The van der Waals surface area contributed by atoms with Crippen molar-refractivity contribution in [2.24, 2.45) is 11.3 Å². The van der Waals surface area contributed by atoms with E-state index in [2.05, 4.69) is 27.7 Å². The second-order valence-corrected chi connectivity index (χ2v) is 6.29.